The average molecular weight is 678 g/mol. The fourth-order valence-corrected chi connectivity index (χ4v) is 7.54. The number of hydrogen-bond donors (Lipinski definition) is 5. The van der Waals surface area contributed by atoms with Crippen molar-refractivity contribution in [2.24, 2.45) is 0 Å². The molecule has 2 saturated heterocycles. The minimum Gasteiger partial charge on any atom is -0.467 e. The molecule has 2 fully saturated rings. The van der Waals surface area contributed by atoms with Crippen LogP contribution in [-0.2, 0) is 14.4 Å². The highest BCUT2D eigenvalue weighted by atomic mass is 35.5. The fraction of sp³-hybridized carbons (Fsp3) is 0.594. The summed E-state index contributed by atoms with van der Waals surface area (Å²) in [5.41, 5.74) is -0.127. The molecule has 0 aliphatic carbocycles. The number of unbranched alkanes of at least 4 members (excludes halogenated alkanes) is 5. The SMILES string of the molecule is COc1oc(=O)c2cc(NC(=O)CCCCCNC(=O)CCCCCNC(=O)CCCC[C@@H]3SC[C@@H]4NC(=O)N[C@@H]43)ccc2c1Cl. The number of nitrogens with one attached hydrogen (secondary N) is 5. The van der Waals surface area contributed by atoms with E-state index in [2.05, 4.69) is 26.6 Å². The van der Waals surface area contributed by atoms with Gasteiger partial charge in [0.15, 0.2) is 0 Å². The summed E-state index contributed by atoms with van der Waals surface area (Å²) in [6, 6.07) is 5.22. The summed E-state index contributed by atoms with van der Waals surface area (Å²) < 4.78 is 10.0. The van der Waals surface area contributed by atoms with Crippen molar-refractivity contribution in [2.45, 2.75) is 94.4 Å². The number of thioether (sulfide) groups is 1. The number of hydrogen-bond acceptors (Lipinski definition) is 8. The first-order chi connectivity index (χ1) is 22.2. The van der Waals surface area contributed by atoms with Crippen LogP contribution in [0.1, 0.15) is 77.0 Å². The fourth-order valence-electron chi connectivity index (χ4n) is 5.71. The summed E-state index contributed by atoms with van der Waals surface area (Å²) in [6.45, 7) is 1.18. The van der Waals surface area contributed by atoms with Crippen LogP contribution in [0.4, 0.5) is 10.5 Å². The largest absolute Gasteiger partial charge is 0.467 e. The van der Waals surface area contributed by atoms with Crippen LogP contribution in [0, 0.1) is 0 Å². The number of carbonyl (C=O) groups excluding carboxylic acids is 4. The number of ether oxygens (including phenoxy) is 1. The first kappa shape index (κ1) is 35.4. The van der Waals surface area contributed by atoms with Gasteiger partial charge in [0.25, 0.3) is 0 Å². The Hall–Kier alpha value is -3.45. The van der Waals surface area contributed by atoms with Crippen molar-refractivity contribution in [3.05, 3.63) is 33.6 Å². The molecule has 0 unspecified atom stereocenters. The number of methoxy groups -OCH3 is 1. The van der Waals surface area contributed by atoms with E-state index in [1.165, 1.54) is 13.2 Å². The number of anilines is 1. The number of benzene rings is 1. The average Bonchev–Trinajstić information content (AvgIpc) is 3.59. The number of halogens is 1. The van der Waals surface area contributed by atoms with Gasteiger partial charge in [-0.05, 0) is 50.7 Å². The first-order valence-corrected chi connectivity index (χ1v) is 17.5. The zero-order valence-electron chi connectivity index (χ0n) is 26.2. The van der Waals surface area contributed by atoms with Gasteiger partial charge < -0.3 is 35.7 Å². The molecule has 3 atom stereocenters. The summed E-state index contributed by atoms with van der Waals surface area (Å²) in [5, 5.41) is 16.0. The van der Waals surface area contributed by atoms with Gasteiger partial charge in [0.1, 0.15) is 5.02 Å². The molecular weight excluding hydrogens is 634 g/mol. The van der Waals surface area contributed by atoms with Gasteiger partial charge in [-0.2, -0.15) is 11.8 Å². The summed E-state index contributed by atoms with van der Waals surface area (Å²) in [4.78, 5) is 60.3. The number of urea groups is 1. The summed E-state index contributed by atoms with van der Waals surface area (Å²) in [5.74, 6) is 0.810. The van der Waals surface area contributed by atoms with Crippen molar-refractivity contribution in [2.75, 3.05) is 31.3 Å². The molecule has 1 aromatic heterocycles. The lowest BCUT2D eigenvalue weighted by Gasteiger charge is -2.16. The third kappa shape index (κ3) is 10.5. The Morgan fingerprint density at radius 2 is 1.54 bits per heavy atom. The molecule has 4 rings (SSSR count). The zero-order valence-corrected chi connectivity index (χ0v) is 27.8. The normalized spacial score (nSPS) is 18.5. The van der Waals surface area contributed by atoms with Gasteiger partial charge in [-0.15, -0.1) is 0 Å². The smallest absolute Gasteiger partial charge is 0.346 e. The highest BCUT2D eigenvalue weighted by Crippen LogP contribution is 2.33. The van der Waals surface area contributed by atoms with Crippen LogP contribution < -0.4 is 36.9 Å². The Morgan fingerprint density at radius 3 is 2.22 bits per heavy atom. The van der Waals surface area contributed by atoms with Crippen LogP contribution in [0.15, 0.2) is 27.4 Å². The minimum absolute atomic E-state index is 0.0139. The van der Waals surface area contributed by atoms with Crippen molar-refractivity contribution in [3.63, 3.8) is 0 Å². The van der Waals surface area contributed by atoms with E-state index < -0.39 is 5.63 Å². The van der Waals surface area contributed by atoms with Crippen molar-refractivity contribution >= 4 is 63.6 Å². The lowest BCUT2D eigenvalue weighted by Crippen LogP contribution is -2.36. The van der Waals surface area contributed by atoms with Gasteiger partial charge in [0, 0.05) is 54.4 Å². The van der Waals surface area contributed by atoms with Gasteiger partial charge >= 0.3 is 17.6 Å². The summed E-state index contributed by atoms with van der Waals surface area (Å²) >= 11 is 8.10. The van der Waals surface area contributed by atoms with Crippen LogP contribution >= 0.6 is 23.4 Å². The monoisotopic (exact) mass is 677 g/mol. The highest BCUT2D eigenvalue weighted by molar-refractivity contribution is 8.00. The second-order valence-electron chi connectivity index (χ2n) is 11.7. The first-order valence-electron chi connectivity index (χ1n) is 16.1. The van der Waals surface area contributed by atoms with E-state index in [1.54, 1.807) is 12.1 Å². The van der Waals surface area contributed by atoms with E-state index >= 15 is 0 Å². The molecule has 14 heteroatoms. The van der Waals surface area contributed by atoms with E-state index in [1.807, 2.05) is 11.8 Å². The predicted octanol–water partition coefficient (Wildman–Crippen LogP) is 4.47. The molecule has 2 aliphatic heterocycles. The molecule has 5 amide bonds. The predicted molar refractivity (Wildman–Crippen MR) is 180 cm³/mol. The Labute approximate surface area is 277 Å². The molecule has 46 heavy (non-hydrogen) atoms. The van der Waals surface area contributed by atoms with Gasteiger partial charge in [0.2, 0.25) is 17.7 Å². The van der Waals surface area contributed by atoms with E-state index in [4.69, 9.17) is 20.8 Å². The Bertz CT molecular complexity index is 1440. The molecule has 1 aromatic carbocycles. The third-order valence-corrected chi connectivity index (χ3v) is 10.1. The Kier molecular flexibility index (Phi) is 13.9. The standard InChI is InChI=1S/C32H44ClN5O7S/c1-44-31-28(33)21-15-14-20(18-22(21)30(42)45-31)36-27(41)13-5-3-9-17-34-25(39)11-4-2-8-16-35-26(40)12-7-6-10-24-29-23(19-46-24)37-32(43)38-29/h14-15,18,23-24,29H,2-13,16-17,19H2,1H3,(H,34,39)(H,35,40)(H,36,41)(H2,37,38,43)/t23-,24-,29-/m0/s1. The number of rotatable bonds is 19. The second-order valence-corrected chi connectivity index (χ2v) is 13.3. The molecule has 0 saturated carbocycles. The highest BCUT2D eigenvalue weighted by Gasteiger charge is 2.42. The molecule has 12 nitrogen and oxygen atoms in total. The van der Waals surface area contributed by atoms with Crippen LogP contribution in [0.5, 0.6) is 5.95 Å². The molecule has 2 aromatic rings. The third-order valence-electron chi connectivity index (χ3n) is 8.20. The van der Waals surface area contributed by atoms with Crippen molar-refractivity contribution in [3.8, 4) is 5.95 Å². The maximum Gasteiger partial charge on any atom is 0.346 e. The van der Waals surface area contributed by atoms with Crippen molar-refractivity contribution in [1.82, 2.24) is 21.3 Å². The summed E-state index contributed by atoms with van der Waals surface area (Å²) in [6.07, 6.45) is 8.81. The molecule has 0 radical (unpaired) electrons. The Balaban J connectivity index is 0.950. The van der Waals surface area contributed by atoms with Crippen molar-refractivity contribution in [1.29, 1.82) is 0 Å². The van der Waals surface area contributed by atoms with E-state index in [9.17, 15) is 24.0 Å². The second kappa shape index (κ2) is 18.0. The molecule has 0 spiro atoms. The Morgan fingerprint density at radius 1 is 0.891 bits per heavy atom. The quantitative estimate of drug-likeness (QED) is 0.107. The van der Waals surface area contributed by atoms with Crippen molar-refractivity contribution < 1.29 is 28.3 Å². The van der Waals surface area contributed by atoms with Gasteiger partial charge in [-0.3, -0.25) is 14.4 Å². The molecular formula is C32H44ClN5O7S. The number of amides is 5. The van der Waals surface area contributed by atoms with Crippen LogP contribution in [-0.4, -0.2) is 67.0 Å². The van der Waals surface area contributed by atoms with Crippen LogP contribution in [0.3, 0.4) is 0 Å². The number of carbonyl (C=O) groups is 4. The van der Waals surface area contributed by atoms with E-state index in [-0.39, 0.29) is 52.2 Å². The number of fused-ring (bicyclic) bond motifs is 2. The van der Waals surface area contributed by atoms with Crippen LogP contribution in [0.2, 0.25) is 5.02 Å². The molecule has 5 N–H and O–H groups in total. The molecule has 2 aliphatic rings. The lowest BCUT2D eigenvalue weighted by molar-refractivity contribution is -0.122. The van der Waals surface area contributed by atoms with E-state index in [0.717, 1.165) is 57.1 Å². The van der Waals surface area contributed by atoms with Crippen LogP contribution in [0.25, 0.3) is 10.8 Å². The minimum atomic E-state index is -0.603. The maximum absolute atomic E-state index is 12.4. The van der Waals surface area contributed by atoms with Gasteiger partial charge in [-0.25, -0.2) is 9.59 Å². The zero-order chi connectivity index (χ0) is 32.9. The topological polar surface area (TPSA) is 168 Å². The molecule has 0 bridgehead atoms. The molecule has 252 valence electrons. The van der Waals surface area contributed by atoms with Gasteiger partial charge in [-0.1, -0.05) is 36.9 Å². The van der Waals surface area contributed by atoms with E-state index in [0.29, 0.717) is 55.1 Å². The summed E-state index contributed by atoms with van der Waals surface area (Å²) in [7, 11) is 1.36. The maximum atomic E-state index is 12.4. The lowest BCUT2D eigenvalue weighted by atomic mass is 10.0. The van der Waals surface area contributed by atoms with Gasteiger partial charge in [0.05, 0.1) is 24.6 Å². The molecule has 3 heterocycles.